The van der Waals surface area contributed by atoms with E-state index in [0.717, 1.165) is 22.2 Å². The summed E-state index contributed by atoms with van der Waals surface area (Å²) in [5, 5.41) is 0. The van der Waals surface area contributed by atoms with Crippen molar-refractivity contribution in [2.24, 2.45) is 11.1 Å². The van der Waals surface area contributed by atoms with Crippen molar-refractivity contribution in [3.05, 3.63) is 28.2 Å². The van der Waals surface area contributed by atoms with Gasteiger partial charge in [0.2, 0.25) is 0 Å². The molecule has 17 heavy (non-hydrogen) atoms. The molecule has 1 aromatic rings. The minimum absolute atomic E-state index is 0.0919. The third kappa shape index (κ3) is 1.71. The zero-order chi connectivity index (χ0) is 12.3. The van der Waals surface area contributed by atoms with Crippen molar-refractivity contribution in [3.8, 4) is 5.75 Å². The Labute approximate surface area is 111 Å². The van der Waals surface area contributed by atoms with E-state index in [9.17, 15) is 0 Å². The zero-order valence-corrected chi connectivity index (χ0v) is 11.9. The van der Waals surface area contributed by atoms with E-state index in [1.54, 1.807) is 0 Å². The fourth-order valence-corrected chi connectivity index (χ4v) is 3.14. The lowest BCUT2D eigenvalue weighted by molar-refractivity contribution is -0.00898. The highest BCUT2D eigenvalue weighted by Gasteiger charge is 2.57. The maximum Gasteiger partial charge on any atom is 0.126 e. The summed E-state index contributed by atoms with van der Waals surface area (Å²) in [6.45, 7) is 4.52. The lowest BCUT2D eigenvalue weighted by Gasteiger charge is -2.43. The van der Waals surface area contributed by atoms with Gasteiger partial charge in [0.25, 0.3) is 0 Å². The molecule has 1 aromatic carbocycles. The van der Waals surface area contributed by atoms with Gasteiger partial charge in [-0.15, -0.1) is 0 Å². The van der Waals surface area contributed by atoms with Crippen LogP contribution in [-0.2, 0) is 0 Å². The predicted molar refractivity (Wildman–Crippen MR) is 72.1 cm³/mol. The Morgan fingerprint density at radius 3 is 2.71 bits per heavy atom. The maximum absolute atomic E-state index is 6.30. The topological polar surface area (TPSA) is 35.2 Å². The van der Waals surface area contributed by atoms with Gasteiger partial charge in [0.1, 0.15) is 11.4 Å². The van der Waals surface area contributed by atoms with Gasteiger partial charge >= 0.3 is 0 Å². The lowest BCUT2D eigenvalue weighted by Crippen LogP contribution is -2.46. The molecule has 2 N–H and O–H groups in total. The molecule has 1 heterocycles. The first-order valence-corrected chi connectivity index (χ1v) is 6.97. The van der Waals surface area contributed by atoms with Crippen LogP contribution < -0.4 is 10.5 Å². The molecule has 0 bridgehead atoms. The van der Waals surface area contributed by atoms with Crippen LogP contribution in [-0.4, -0.2) is 5.60 Å². The Balaban J connectivity index is 2.02. The molecule has 2 nitrogen and oxygen atoms in total. The van der Waals surface area contributed by atoms with Crippen molar-refractivity contribution in [1.82, 2.24) is 0 Å². The number of ether oxygens (including phenoxy) is 1. The van der Waals surface area contributed by atoms with Crippen LogP contribution in [0.4, 0.5) is 0 Å². The molecule has 3 heteroatoms. The van der Waals surface area contributed by atoms with Crippen molar-refractivity contribution in [2.75, 3.05) is 0 Å². The van der Waals surface area contributed by atoms with E-state index in [0.29, 0.717) is 5.41 Å². The van der Waals surface area contributed by atoms with Crippen LogP contribution in [0, 0.1) is 5.41 Å². The number of hydrogen-bond donors (Lipinski definition) is 1. The van der Waals surface area contributed by atoms with E-state index in [2.05, 4.69) is 35.8 Å². The van der Waals surface area contributed by atoms with Crippen molar-refractivity contribution < 1.29 is 4.74 Å². The highest BCUT2D eigenvalue weighted by Crippen LogP contribution is 2.59. The first-order valence-electron chi connectivity index (χ1n) is 6.18. The summed E-state index contributed by atoms with van der Waals surface area (Å²) in [4.78, 5) is 0. The van der Waals surface area contributed by atoms with Crippen LogP contribution in [0.2, 0.25) is 0 Å². The summed E-state index contributed by atoms with van der Waals surface area (Å²) in [6, 6.07) is 6.23. The highest BCUT2D eigenvalue weighted by atomic mass is 79.9. The summed E-state index contributed by atoms with van der Waals surface area (Å²) >= 11 is 3.49. The molecule has 1 fully saturated rings. The van der Waals surface area contributed by atoms with Crippen LogP contribution in [0.5, 0.6) is 5.75 Å². The first-order chi connectivity index (χ1) is 7.94. The van der Waals surface area contributed by atoms with E-state index in [1.165, 1.54) is 12.8 Å². The van der Waals surface area contributed by atoms with Crippen molar-refractivity contribution >= 4 is 15.9 Å². The highest BCUT2D eigenvalue weighted by molar-refractivity contribution is 9.10. The molecule has 1 saturated carbocycles. The fourth-order valence-electron chi connectivity index (χ4n) is 2.80. The van der Waals surface area contributed by atoms with Gasteiger partial charge < -0.3 is 10.5 Å². The van der Waals surface area contributed by atoms with Crippen LogP contribution in [0.3, 0.4) is 0 Å². The Morgan fingerprint density at radius 1 is 1.35 bits per heavy atom. The minimum Gasteiger partial charge on any atom is -0.487 e. The Bertz CT molecular complexity index is 469. The van der Waals surface area contributed by atoms with Crippen LogP contribution in [0.15, 0.2) is 22.7 Å². The third-order valence-corrected chi connectivity index (χ3v) is 5.09. The van der Waals surface area contributed by atoms with Crippen LogP contribution >= 0.6 is 15.9 Å². The minimum atomic E-state index is -0.111. The number of fused-ring (bicyclic) bond motifs is 1. The molecule has 0 aromatic heterocycles. The standard InChI is InChI=1S/C14H18BrNO/c1-13(5-6-13)14(2)8-11(16)10-4-3-9(15)7-12(10)17-14/h3-4,7,11H,5-6,8,16H2,1-2H3/t11-,14?/m0/s1. The van der Waals surface area contributed by atoms with Gasteiger partial charge in [-0.25, -0.2) is 0 Å². The Hall–Kier alpha value is -0.540. The molecule has 2 aliphatic rings. The zero-order valence-electron chi connectivity index (χ0n) is 10.3. The van der Waals surface area contributed by atoms with Crippen molar-refractivity contribution in [2.45, 2.75) is 44.8 Å². The average molecular weight is 296 g/mol. The van der Waals surface area contributed by atoms with Crippen LogP contribution in [0.1, 0.15) is 44.7 Å². The van der Waals surface area contributed by atoms with Gasteiger partial charge in [-0.2, -0.15) is 0 Å². The Kier molecular flexibility index (Phi) is 2.37. The quantitative estimate of drug-likeness (QED) is 0.855. The number of nitrogens with two attached hydrogens (primary N) is 1. The second-order valence-corrected chi connectivity index (χ2v) is 6.80. The van der Waals surface area contributed by atoms with Gasteiger partial charge in [0.05, 0.1) is 0 Å². The third-order valence-electron chi connectivity index (χ3n) is 4.60. The maximum atomic E-state index is 6.30. The molecule has 92 valence electrons. The summed E-state index contributed by atoms with van der Waals surface area (Å²) < 4.78 is 7.34. The van der Waals surface area contributed by atoms with E-state index < -0.39 is 0 Å². The van der Waals surface area contributed by atoms with E-state index in [4.69, 9.17) is 10.5 Å². The number of rotatable bonds is 1. The summed E-state index contributed by atoms with van der Waals surface area (Å²) in [7, 11) is 0. The molecule has 0 amide bonds. The number of benzene rings is 1. The van der Waals surface area contributed by atoms with Gasteiger partial charge in [-0.05, 0) is 31.9 Å². The molecule has 1 aliphatic carbocycles. The molecule has 1 unspecified atom stereocenters. The molecule has 2 atom stereocenters. The van der Waals surface area contributed by atoms with Crippen molar-refractivity contribution in [1.29, 1.82) is 0 Å². The van der Waals surface area contributed by atoms with Gasteiger partial charge in [0.15, 0.2) is 0 Å². The summed E-state index contributed by atoms with van der Waals surface area (Å²) in [5.41, 5.74) is 7.63. The van der Waals surface area contributed by atoms with E-state index in [1.807, 2.05) is 12.1 Å². The largest absolute Gasteiger partial charge is 0.487 e. The lowest BCUT2D eigenvalue weighted by atomic mass is 9.78. The molecule has 3 rings (SSSR count). The van der Waals surface area contributed by atoms with E-state index >= 15 is 0 Å². The summed E-state index contributed by atoms with van der Waals surface area (Å²) in [5.74, 6) is 0.953. The normalized spacial score (nSPS) is 33.8. The smallest absolute Gasteiger partial charge is 0.126 e. The average Bonchev–Trinajstić information content (AvgIpc) is 2.97. The number of halogens is 1. The fraction of sp³-hybridized carbons (Fsp3) is 0.571. The van der Waals surface area contributed by atoms with Crippen molar-refractivity contribution in [3.63, 3.8) is 0 Å². The molecule has 0 spiro atoms. The van der Waals surface area contributed by atoms with E-state index in [-0.39, 0.29) is 11.6 Å². The second kappa shape index (κ2) is 3.48. The molecule has 0 radical (unpaired) electrons. The van der Waals surface area contributed by atoms with Gasteiger partial charge in [-0.3, -0.25) is 0 Å². The molecule has 0 saturated heterocycles. The second-order valence-electron chi connectivity index (χ2n) is 5.89. The monoisotopic (exact) mass is 295 g/mol. The Morgan fingerprint density at radius 2 is 2.06 bits per heavy atom. The predicted octanol–water partition coefficient (Wildman–Crippen LogP) is 3.79. The number of hydrogen-bond acceptors (Lipinski definition) is 2. The van der Waals surface area contributed by atoms with Gasteiger partial charge in [-0.1, -0.05) is 28.9 Å². The molecule has 1 aliphatic heterocycles. The SMILES string of the molecule is CC1(C2(C)C[C@H](N)c3ccc(Br)cc3O2)CC1. The summed E-state index contributed by atoms with van der Waals surface area (Å²) in [6.07, 6.45) is 3.41. The first kappa shape index (κ1) is 11.5. The molecular weight excluding hydrogens is 278 g/mol. The van der Waals surface area contributed by atoms with Crippen LogP contribution in [0.25, 0.3) is 0 Å². The van der Waals surface area contributed by atoms with Gasteiger partial charge in [0, 0.05) is 27.9 Å². The molecular formula is C14H18BrNO.